The normalized spacial score (nSPS) is 18.3. The van der Waals surface area contributed by atoms with Crippen LogP contribution in [0.2, 0.25) is 0 Å². The van der Waals surface area contributed by atoms with E-state index in [1.165, 1.54) is 5.56 Å². The molecule has 3 amide bonds. The first-order chi connectivity index (χ1) is 16.0. The summed E-state index contributed by atoms with van der Waals surface area (Å²) in [4.78, 5) is 41.1. The number of amides is 3. The fraction of sp³-hybridized carbons (Fsp3) is 0.400. The molecule has 0 bridgehead atoms. The summed E-state index contributed by atoms with van der Waals surface area (Å²) in [7, 11) is 0. The Kier molecular flexibility index (Phi) is 7.36. The van der Waals surface area contributed by atoms with Crippen molar-refractivity contribution in [3.63, 3.8) is 0 Å². The van der Waals surface area contributed by atoms with Crippen molar-refractivity contribution in [3.05, 3.63) is 59.7 Å². The highest BCUT2D eigenvalue weighted by atomic mass is 16.5. The van der Waals surface area contributed by atoms with E-state index in [0.29, 0.717) is 37.7 Å². The quantitative estimate of drug-likeness (QED) is 0.706. The Morgan fingerprint density at radius 1 is 0.909 bits per heavy atom. The third kappa shape index (κ3) is 5.97. The SMILES string of the molecule is CC(=O)N1CCc2ccccc2C1CC(=O)Nc1ccc(NC(=O)CN2CCOCC2)cc1. The molecule has 1 fully saturated rings. The van der Waals surface area contributed by atoms with Crippen LogP contribution in [0.1, 0.15) is 30.5 Å². The number of benzene rings is 2. The number of carbonyl (C=O) groups is 3. The summed E-state index contributed by atoms with van der Waals surface area (Å²) in [5.74, 6) is -0.263. The Bertz CT molecular complexity index is 1000. The molecule has 2 aliphatic heterocycles. The van der Waals surface area contributed by atoms with Crippen LogP contribution in [-0.2, 0) is 25.5 Å². The van der Waals surface area contributed by atoms with Crippen molar-refractivity contribution in [1.29, 1.82) is 0 Å². The van der Waals surface area contributed by atoms with Gasteiger partial charge in [0.15, 0.2) is 0 Å². The van der Waals surface area contributed by atoms with Gasteiger partial charge < -0.3 is 20.3 Å². The molecule has 33 heavy (non-hydrogen) atoms. The Morgan fingerprint density at radius 2 is 1.55 bits per heavy atom. The Labute approximate surface area is 193 Å². The van der Waals surface area contributed by atoms with E-state index < -0.39 is 0 Å². The summed E-state index contributed by atoms with van der Waals surface area (Å²) in [5, 5.41) is 5.80. The Balaban J connectivity index is 1.33. The number of morpholine rings is 1. The van der Waals surface area contributed by atoms with Crippen LogP contribution in [0.4, 0.5) is 11.4 Å². The van der Waals surface area contributed by atoms with E-state index in [1.54, 1.807) is 36.1 Å². The summed E-state index contributed by atoms with van der Waals surface area (Å²) < 4.78 is 5.30. The molecule has 8 nitrogen and oxygen atoms in total. The monoisotopic (exact) mass is 450 g/mol. The van der Waals surface area contributed by atoms with Crippen molar-refractivity contribution in [2.24, 2.45) is 0 Å². The van der Waals surface area contributed by atoms with E-state index in [4.69, 9.17) is 4.74 Å². The molecule has 2 aliphatic rings. The van der Waals surface area contributed by atoms with Gasteiger partial charge in [0.25, 0.3) is 0 Å². The first-order valence-electron chi connectivity index (χ1n) is 11.3. The molecule has 2 N–H and O–H groups in total. The molecule has 2 aromatic rings. The van der Waals surface area contributed by atoms with E-state index in [9.17, 15) is 14.4 Å². The minimum atomic E-state index is -0.272. The molecule has 4 rings (SSSR count). The van der Waals surface area contributed by atoms with Gasteiger partial charge in [-0.15, -0.1) is 0 Å². The largest absolute Gasteiger partial charge is 0.379 e. The van der Waals surface area contributed by atoms with Crippen LogP contribution in [0, 0.1) is 0 Å². The molecule has 1 atom stereocenters. The fourth-order valence-electron chi connectivity index (χ4n) is 4.44. The van der Waals surface area contributed by atoms with Crippen LogP contribution in [-0.4, -0.2) is 66.9 Å². The van der Waals surface area contributed by atoms with Crippen molar-refractivity contribution in [3.8, 4) is 0 Å². The molecule has 174 valence electrons. The third-order valence-electron chi connectivity index (χ3n) is 6.12. The zero-order valence-electron chi connectivity index (χ0n) is 18.9. The van der Waals surface area contributed by atoms with E-state index >= 15 is 0 Å². The molecule has 1 saturated heterocycles. The smallest absolute Gasteiger partial charge is 0.238 e. The van der Waals surface area contributed by atoms with Crippen molar-refractivity contribution in [2.45, 2.75) is 25.8 Å². The number of nitrogens with zero attached hydrogens (tertiary/aromatic N) is 2. The minimum Gasteiger partial charge on any atom is -0.379 e. The van der Waals surface area contributed by atoms with Crippen LogP contribution >= 0.6 is 0 Å². The zero-order chi connectivity index (χ0) is 23.2. The fourth-order valence-corrected chi connectivity index (χ4v) is 4.44. The van der Waals surface area contributed by atoms with Crippen molar-refractivity contribution < 1.29 is 19.1 Å². The lowest BCUT2D eigenvalue weighted by Gasteiger charge is -2.36. The Hall–Kier alpha value is -3.23. The van der Waals surface area contributed by atoms with Crippen molar-refractivity contribution in [1.82, 2.24) is 9.80 Å². The standard InChI is InChI=1S/C25H30N4O4/c1-18(30)29-11-10-19-4-2-3-5-22(19)23(29)16-24(31)26-20-6-8-21(9-7-20)27-25(32)17-28-12-14-33-15-13-28/h2-9,23H,10-17H2,1H3,(H,26,31)(H,27,32). The highest BCUT2D eigenvalue weighted by Crippen LogP contribution is 2.32. The van der Waals surface area contributed by atoms with Gasteiger partial charge in [0, 0.05) is 37.9 Å². The van der Waals surface area contributed by atoms with Crippen LogP contribution < -0.4 is 10.6 Å². The minimum absolute atomic E-state index is 0.0283. The summed E-state index contributed by atoms with van der Waals surface area (Å²) in [5.41, 5.74) is 3.54. The average Bonchev–Trinajstić information content (AvgIpc) is 2.81. The second-order valence-electron chi connectivity index (χ2n) is 8.44. The second-order valence-corrected chi connectivity index (χ2v) is 8.44. The zero-order valence-corrected chi connectivity index (χ0v) is 18.9. The summed E-state index contributed by atoms with van der Waals surface area (Å²) in [6, 6.07) is 14.8. The van der Waals surface area contributed by atoms with Gasteiger partial charge in [0.1, 0.15) is 0 Å². The van der Waals surface area contributed by atoms with Gasteiger partial charge in [-0.1, -0.05) is 24.3 Å². The van der Waals surface area contributed by atoms with E-state index in [1.807, 2.05) is 18.2 Å². The highest BCUT2D eigenvalue weighted by molar-refractivity contribution is 5.94. The molecular formula is C25H30N4O4. The lowest BCUT2D eigenvalue weighted by Crippen LogP contribution is -2.41. The number of hydrogen-bond donors (Lipinski definition) is 2. The van der Waals surface area contributed by atoms with Crippen LogP contribution in [0.5, 0.6) is 0 Å². The maximum absolute atomic E-state index is 12.8. The molecule has 0 aliphatic carbocycles. The topological polar surface area (TPSA) is 91.0 Å². The van der Waals surface area contributed by atoms with E-state index in [2.05, 4.69) is 21.6 Å². The molecular weight excluding hydrogens is 420 g/mol. The van der Waals surface area contributed by atoms with Crippen molar-refractivity contribution in [2.75, 3.05) is 50.0 Å². The van der Waals surface area contributed by atoms with E-state index in [0.717, 1.165) is 25.1 Å². The van der Waals surface area contributed by atoms with Gasteiger partial charge >= 0.3 is 0 Å². The highest BCUT2D eigenvalue weighted by Gasteiger charge is 2.30. The van der Waals surface area contributed by atoms with Gasteiger partial charge in [-0.3, -0.25) is 19.3 Å². The van der Waals surface area contributed by atoms with Gasteiger partial charge in [-0.2, -0.15) is 0 Å². The maximum Gasteiger partial charge on any atom is 0.238 e. The summed E-state index contributed by atoms with van der Waals surface area (Å²) >= 11 is 0. The van der Waals surface area contributed by atoms with Crippen molar-refractivity contribution >= 4 is 29.1 Å². The Morgan fingerprint density at radius 3 is 2.21 bits per heavy atom. The average molecular weight is 451 g/mol. The molecule has 8 heteroatoms. The van der Waals surface area contributed by atoms with Gasteiger partial charge in [0.2, 0.25) is 17.7 Å². The number of nitrogens with one attached hydrogen (secondary N) is 2. The summed E-state index contributed by atoms with van der Waals surface area (Å²) in [6.07, 6.45) is 0.987. The molecule has 2 heterocycles. The lowest BCUT2D eigenvalue weighted by molar-refractivity contribution is -0.132. The first kappa shape index (κ1) is 22.9. The number of hydrogen-bond acceptors (Lipinski definition) is 5. The number of anilines is 2. The number of fused-ring (bicyclic) bond motifs is 1. The molecule has 2 aromatic carbocycles. The number of rotatable bonds is 6. The predicted octanol–water partition coefficient (Wildman–Crippen LogP) is 2.43. The van der Waals surface area contributed by atoms with Crippen LogP contribution in [0.3, 0.4) is 0 Å². The molecule has 0 spiro atoms. The van der Waals surface area contributed by atoms with Gasteiger partial charge in [-0.05, 0) is 41.8 Å². The molecule has 0 saturated carbocycles. The molecule has 0 radical (unpaired) electrons. The second kappa shape index (κ2) is 10.6. The number of ether oxygens (including phenoxy) is 1. The predicted molar refractivity (Wildman–Crippen MR) is 126 cm³/mol. The van der Waals surface area contributed by atoms with Crippen LogP contribution in [0.25, 0.3) is 0 Å². The van der Waals surface area contributed by atoms with E-state index in [-0.39, 0.29) is 30.2 Å². The lowest BCUT2D eigenvalue weighted by atomic mass is 9.90. The van der Waals surface area contributed by atoms with Gasteiger partial charge in [-0.25, -0.2) is 0 Å². The third-order valence-corrected chi connectivity index (χ3v) is 6.12. The summed E-state index contributed by atoms with van der Waals surface area (Å²) in [6.45, 7) is 5.30. The van der Waals surface area contributed by atoms with Crippen LogP contribution in [0.15, 0.2) is 48.5 Å². The first-order valence-corrected chi connectivity index (χ1v) is 11.3. The van der Waals surface area contributed by atoms with Gasteiger partial charge in [0.05, 0.1) is 32.2 Å². The molecule has 0 aromatic heterocycles. The number of carbonyl (C=O) groups excluding carboxylic acids is 3. The molecule has 1 unspecified atom stereocenters. The maximum atomic E-state index is 12.8.